The number of carbonyl (C=O) groups is 1. The highest BCUT2D eigenvalue weighted by molar-refractivity contribution is 7.91. The number of carboxylic acids is 1. The Morgan fingerprint density at radius 3 is 2.44 bits per heavy atom. The highest BCUT2D eigenvalue weighted by Crippen LogP contribution is 2.17. The number of hydrogen-bond acceptors (Lipinski definition) is 4. The lowest BCUT2D eigenvalue weighted by Gasteiger charge is -2.16. The summed E-state index contributed by atoms with van der Waals surface area (Å²) in [7, 11) is -3.57. The lowest BCUT2D eigenvalue weighted by atomic mass is 10.1. The van der Waals surface area contributed by atoms with Gasteiger partial charge in [0.15, 0.2) is 9.84 Å². The Labute approximate surface area is 106 Å². The molecule has 0 aliphatic carbocycles. The van der Waals surface area contributed by atoms with Gasteiger partial charge >= 0.3 is 5.97 Å². The van der Waals surface area contributed by atoms with E-state index in [-0.39, 0.29) is 22.6 Å². The van der Waals surface area contributed by atoms with Crippen molar-refractivity contribution in [2.24, 2.45) is 0 Å². The summed E-state index contributed by atoms with van der Waals surface area (Å²) in [5.74, 6) is -1.39. The van der Waals surface area contributed by atoms with Crippen LogP contribution < -0.4 is 0 Å². The number of carboxylic acid groups (broad SMARTS) is 1. The van der Waals surface area contributed by atoms with E-state index in [1.165, 1.54) is 32.0 Å². The van der Waals surface area contributed by atoms with E-state index in [1.807, 2.05) is 0 Å². The maximum absolute atomic E-state index is 11.9. The largest absolute Gasteiger partial charge is 0.478 e. The first-order valence-electron chi connectivity index (χ1n) is 5.40. The van der Waals surface area contributed by atoms with Crippen molar-refractivity contribution < 1.29 is 23.4 Å². The third kappa shape index (κ3) is 4.12. The molecule has 1 aromatic carbocycles. The Morgan fingerprint density at radius 1 is 1.33 bits per heavy atom. The zero-order valence-corrected chi connectivity index (χ0v) is 11.1. The quantitative estimate of drug-likeness (QED) is 0.843. The molecule has 0 aliphatic heterocycles. The van der Waals surface area contributed by atoms with Crippen LogP contribution in [0.5, 0.6) is 0 Å². The minimum Gasteiger partial charge on any atom is -0.478 e. The van der Waals surface area contributed by atoms with Crippen LogP contribution in [0.2, 0.25) is 0 Å². The molecule has 1 rings (SSSR count). The molecule has 0 amide bonds. The zero-order valence-electron chi connectivity index (χ0n) is 10.3. The van der Waals surface area contributed by atoms with E-state index < -0.39 is 21.4 Å². The summed E-state index contributed by atoms with van der Waals surface area (Å²) in [6, 6.07) is 5.20. The van der Waals surface area contributed by atoms with Crippen LogP contribution in [0.25, 0.3) is 0 Å². The molecule has 100 valence electrons. The molecule has 2 N–H and O–H groups in total. The highest BCUT2D eigenvalue weighted by atomic mass is 32.2. The average Bonchev–Trinajstić information content (AvgIpc) is 2.26. The van der Waals surface area contributed by atoms with Gasteiger partial charge in [-0.25, -0.2) is 13.2 Å². The Kier molecular flexibility index (Phi) is 4.13. The first-order valence-corrected chi connectivity index (χ1v) is 7.05. The van der Waals surface area contributed by atoms with Crippen molar-refractivity contribution in [3.63, 3.8) is 0 Å². The van der Waals surface area contributed by atoms with Crippen molar-refractivity contribution in [2.45, 2.75) is 30.8 Å². The lowest BCUT2D eigenvalue weighted by molar-refractivity contribution is 0.0695. The van der Waals surface area contributed by atoms with Crippen LogP contribution in [0.15, 0.2) is 29.2 Å². The van der Waals surface area contributed by atoms with Crippen LogP contribution in [0, 0.1) is 0 Å². The summed E-state index contributed by atoms with van der Waals surface area (Å²) >= 11 is 0. The van der Waals surface area contributed by atoms with Gasteiger partial charge in [-0.2, -0.15) is 0 Å². The molecule has 0 aliphatic rings. The van der Waals surface area contributed by atoms with Crippen molar-refractivity contribution in [1.82, 2.24) is 0 Å². The van der Waals surface area contributed by atoms with E-state index in [0.717, 1.165) is 6.07 Å². The standard InChI is InChI=1S/C12H16O5S/c1-12(2,15)6-7-18(16,17)10-5-3-4-9(8-10)11(13)14/h3-5,8,15H,6-7H2,1-2H3,(H,13,14). The Bertz CT molecular complexity index is 540. The van der Waals surface area contributed by atoms with Crippen LogP contribution in [0.4, 0.5) is 0 Å². The van der Waals surface area contributed by atoms with Crippen LogP contribution in [0.1, 0.15) is 30.6 Å². The first-order chi connectivity index (χ1) is 8.12. The minimum atomic E-state index is -3.57. The van der Waals surface area contributed by atoms with Crippen molar-refractivity contribution in [2.75, 3.05) is 5.75 Å². The van der Waals surface area contributed by atoms with Gasteiger partial charge in [0.25, 0.3) is 0 Å². The van der Waals surface area contributed by atoms with Crippen molar-refractivity contribution in [1.29, 1.82) is 0 Å². The second-order valence-electron chi connectivity index (χ2n) is 4.71. The van der Waals surface area contributed by atoms with E-state index in [0.29, 0.717) is 0 Å². The SMILES string of the molecule is CC(C)(O)CCS(=O)(=O)c1cccc(C(=O)O)c1. The third-order valence-electron chi connectivity index (χ3n) is 2.42. The molecule has 0 unspecified atom stereocenters. The number of rotatable bonds is 5. The van der Waals surface area contributed by atoms with Crippen molar-refractivity contribution in [3.8, 4) is 0 Å². The van der Waals surface area contributed by atoms with E-state index >= 15 is 0 Å². The summed E-state index contributed by atoms with van der Waals surface area (Å²) < 4.78 is 23.9. The fourth-order valence-corrected chi connectivity index (χ4v) is 2.92. The fraction of sp³-hybridized carbons (Fsp3) is 0.417. The summed E-state index contributed by atoms with van der Waals surface area (Å²) in [6.07, 6.45) is 0.0899. The Morgan fingerprint density at radius 2 is 1.94 bits per heavy atom. The molecular formula is C12H16O5S. The van der Waals surface area contributed by atoms with E-state index in [4.69, 9.17) is 5.11 Å². The van der Waals surface area contributed by atoms with Gasteiger partial charge in [0.2, 0.25) is 0 Å². The van der Waals surface area contributed by atoms with Crippen LogP contribution in [0.3, 0.4) is 0 Å². The van der Waals surface area contributed by atoms with Gasteiger partial charge in [-0.05, 0) is 38.5 Å². The lowest BCUT2D eigenvalue weighted by Crippen LogP contribution is -2.23. The fourth-order valence-electron chi connectivity index (χ4n) is 1.32. The normalized spacial score (nSPS) is 12.4. The summed E-state index contributed by atoms with van der Waals surface area (Å²) in [6.45, 7) is 3.05. The molecule has 0 spiro atoms. The van der Waals surface area contributed by atoms with Gasteiger partial charge in [-0.1, -0.05) is 6.07 Å². The Hall–Kier alpha value is -1.40. The van der Waals surface area contributed by atoms with Crippen LogP contribution in [-0.4, -0.2) is 36.0 Å². The highest BCUT2D eigenvalue weighted by Gasteiger charge is 2.21. The van der Waals surface area contributed by atoms with Gasteiger partial charge < -0.3 is 10.2 Å². The molecule has 0 saturated carbocycles. The topological polar surface area (TPSA) is 91.7 Å². The van der Waals surface area contributed by atoms with E-state index in [2.05, 4.69) is 0 Å². The van der Waals surface area contributed by atoms with E-state index in [1.54, 1.807) is 0 Å². The average molecular weight is 272 g/mol. The van der Waals surface area contributed by atoms with Crippen molar-refractivity contribution >= 4 is 15.8 Å². The predicted molar refractivity (Wildman–Crippen MR) is 66.4 cm³/mol. The van der Waals surface area contributed by atoms with Gasteiger partial charge in [-0.15, -0.1) is 0 Å². The number of aromatic carboxylic acids is 1. The maximum Gasteiger partial charge on any atom is 0.335 e. The maximum atomic E-state index is 11.9. The molecule has 0 bridgehead atoms. The van der Waals surface area contributed by atoms with E-state index in [9.17, 15) is 18.3 Å². The van der Waals surface area contributed by atoms with Crippen LogP contribution >= 0.6 is 0 Å². The molecule has 0 aromatic heterocycles. The first kappa shape index (κ1) is 14.7. The molecule has 18 heavy (non-hydrogen) atoms. The molecule has 0 atom stereocenters. The van der Waals surface area contributed by atoms with Crippen molar-refractivity contribution in [3.05, 3.63) is 29.8 Å². The summed E-state index contributed by atoms with van der Waals surface area (Å²) in [5, 5.41) is 18.3. The van der Waals surface area contributed by atoms with Gasteiger partial charge in [0.05, 0.1) is 21.8 Å². The number of benzene rings is 1. The third-order valence-corrected chi connectivity index (χ3v) is 4.14. The molecule has 0 heterocycles. The predicted octanol–water partition coefficient (Wildman–Crippen LogP) is 1.32. The van der Waals surface area contributed by atoms with Gasteiger partial charge in [0, 0.05) is 0 Å². The monoisotopic (exact) mass is 272 g/mol. The molecule has 0 radical (unpaired) electrons. The second-order valence-corrected chi connectivity index (χ2v) is 6.82. The minimum absolute atomic E-state index is 0.0355. The number of hydrogen-bond donors (Lipinski definition) is 2. The molecule has 0 fully saturated rings. The Balaban J connectivity index is 2.99. The zero-order chi connectivity index (χ0) is 14.0. The number of aliphatic hydroxyl groups is 1. The second kappa shape index (κ2) is 5.07. The molecular weight excluding hydrogens is 256 g/mol. The smallest absolute Gasteiger partial charge is 0.335 e. The molecule has 1 aromatic rings. The van der Waals surface area contributed by atoms with Crippen LogP contribution in [-0.2, 0) is 9.84 Å². The molecule has 5 nitrogen and oxygen atoms in total. The van der Waals surface area contributed by atoms with Gasteiger partial charge in [0.1, 0.15) is 0 Å². The summed E-state index contributed by atoms with van der Waals surface area (Å²) in [4.78, 5) is 10.7. The molecule has 6 heteroatoms. The summed E-state index contributed by atoms with van der Waals surface area (Å²) in [5.41, 5.74) is -1.14. The number of sulfone groups is 1. The van der Waals surface area contributed by atoms with Gasteiger partial charge in [-0.3, -0.25) is 0 Å². The molecule has 0 saturated heterocycles.